The molecule has 1 amide bonds. The average Bonchev–Trinajstić information content (AvgIpc) is 3.06. The van der Waals surface area contributed by atoms with Crippen LogP contribution in [-0.2, 0) is 4.79 Å². The molecule has 2 atom stereocenters. The van der Waals surface area contributed by atoms with Gasteiger partial charge in [0.15, 0.2) is 5.78 Å². The molecule has 2 aliphatic rings. The minimum Gasteiger partial charge on any atom is -0.497 e. The summed E-state index contributed by atoms with van der Waals surface area (Å²) in [4.78, 5) is 27.1. The summed E-state index contributed by atoms with van der Waals surface area (Å²) in [6.45, 7) is 1.32. The molecule has 1 aromatic rings. The van der Waals surface area contributed by atoms with Crippen molar-refractivity contribution in [3.63, 3.8) is 0 Å². The van der Waals surface area contributed by atoms with Gasteiger partial charge in [-0.15, -0.1) is 0 Å². The molecule has 0 unspecified atom stereocenters. The van der Waals surface area contributed by atoms with Crippen LogP contribution in [0.3, 0.4) is 0 Å². The fraction of sp³-hybridized carbons (Fsp3) is 0.579. The first kappa shape index (κ1) is 17.0. The van der Waals surface area contributed by atoms with E-state index in [1.807, 2.05) is 29.2 Å². The molecule has 1 saturated heterocycles. The molecule has 1 aliphatic carbocycles. The van der Waals surface area contributed by atoms with Crippen molar-refractivity contribution in [2.24, 2.45) is 17.6 Å². The third kappa shape index (κ3) is 3.46. The fourth-order valence-corrected chi connectivity index (χ4v) is 3.88. The van der Waals surface area contributed by atoms with Crippen molar-refractivity contribution in [2.45, 2.75) is 38.1 Å². The highest BCUT2D eigenvalue weighted by Crippen LogP contribution is 2.29. The van der Waals surface area contributed by atoms with E-state index in [1.165, 1.54) is 0 Å². The van der Waals surface area contributed by atoms with Gasteiger partial charge in [0.2, 0.25) is 5.91 Å². The van der Waals surface area contributed by atoms with Crippen LogP contribution in [0.15, 0.2) is 24.3 Å². The predicted molar refractivity (Wildman–Crippen MR) is 91.9 cm³/mol. The minimum absolute atomic E-state index is 0.000281. The van der Waals surface area contributed by atoms with Gasteiger partial charge in [0.1, 0.15) is 5.75 Å². The summed E-state index contributed by atoms with van der Waals surface area (Å²) in [6.07, 6.45) is 4.37. The molecule has 2 N–H and O–H groups in total. The van der Waals surface area contributed by atoms with E-state index >= 15 is 0 Å². The molecule has 1 aromatic carbocycles. The molecule has 1 heterocycles. The molecule has 5 heteroatoms. The van der Waals surface area contributed by atoms with Gasteiger partial charge in [0.05, 0.1) is 13.0 Å². The fourth-order valence-electron chi connectivity index (χ4n) is 3.88. The molecular formula is C19H26N2O3. The van der Waals surface area contributed by atoms with Gasteiger partial charge < -0.3 is 15.4 Å². The van der Waals surface area contributed by atoms with E-state index in [0.717, 1.165) is 43.4 Å². The summed E-state index contributed by atoms with van der Waals surface area (Å²) in [5.41, 5.74) is 6.77. The van der Waals surface area contributed by atoms with Crippen molar-refractivity contribution in [1.29, 1.82) is 0 Å². The first-order valence-electron chi connectivity index (χ1n) is 8.83. The quantitative estimate of drug-likeness (QED) is 0.860. The van der Waals surface area contributed by atoms with Crippen LogP contribution in [0.4, 0.5) is 0 Å². The summed E-state index contributed by atoms with van der Waals surface area (Å²) >= 11 is 0. The van der Waals surface area contributed by atoms with Crippen molar-refractivity contribution in [3.05, 3.63) is 29.8 Å². The number of amides is 1. The molecule has 2 fully saturated rings. The molecule has 1 saturated carbocycles. The molecular weight excluding hydrogens is 304 g/mol. The van der Waals surface area contributed by atoms with E-state index < -0.39 is 0 Å². The Labute approximate surface area is 143 Å². The number of nitrogens with zero attached hydrogens (tertiary/aromatic N) is 1. The van der Waals surface area contributed by atoms with E-state index in [9.17, 15) is 9.59 Å². The largest absolute Gasteiger partial charge is 0.497 e. The Morgan fingerprint density at radius 1 is 1.08 bits per heavy atom. The van der Waals surface area contributed by atoms with Crippen LogP contribution in [0, 0.1) is 11.8 Å². The highest BCUT2D eigenvalue weighted by molar-refractivity contribution is 5.98. The Balaban J connectivity index is 1.56. The van der Waals surface area contributed by atoms with Gasteiger partial charge in [0.25, 0.3) is 0 Å². The number of Topliss-reactive ketones (excluding diaryl/α,β-unsaturated/α-hetero) is 1. The first-order chi connectivity index (χ1) is 11.6. The molecule has 24 heavy (non-hydrogen) atoms. The molecule has 0 spiro atoms. The maximum Gasteiger partial charge on any atom is 0.227 e. The van der Waals surface area contributed by atoms with Crippen LogP contribution in [0.5, 0.6) is 5.75 Å². The second kappa shape index (κ2) is 7.34. The molecule has 0 aromatic heterocycles. The van der Waals surface area contributed by atoms with Gasteiger partial charge >= 0.3 is 0 Å². The Morgan fingerprint density at radius 2 is 1.75 bits per heavy atom. The van der Waals surface area contributed by atoms with Crippen molar-refractivity contribution >= 4 is 11.7 Å². The number of carbonyl (C=O) groups is 2. The van der Waals surface area contributed by atoms with Crippen molar-refractivity contribution in [3.8, 4) is 5.75 Å². The molecule has 1 aliphatic heterocycles. The highest BCUT2D eigenvalue weighted by Gasteiger charge is 2.35. The second-order valence-electron chi connectivity index (χ2n) is 6.89. The summed E-state index contributed by atoms with van der Waals surface area (Å²) in [5, 5.41) is 0. The van der Waals surface area contributed by atoms with Crippen molar-refractivity contribution < 1.29 is 14.3 Å². The van der Waals surface area contributed by atoms with Crippen LogP contribution in [0.25, 0.3) is 0 Å². The van der Waals surface area contributed by atoms with Crippen LogP contribution < -0.4 is 10.5 Å². The van der Waals surface area contributed by atoms with Crippen LogP contribution in [0.1, 0.15) is 42.5 Å². The zero-order chi connectivity index (χ0) is 17.1. The predicted octanol–water partition coefficient (Wildman–Crippen LogP) is 2.24. The van der Waals surface area contributed by atoms with E-state index in [1.54, 1.807) is 7.11 Å². The Morgan fingerprint density at radius 3 is 2.29 bits per heavy atom. The molecule has 0 bridgehead atoms. The lowest BCUT2D eigenvalue weighted by molar-refractivity contribution is -0.137. The van der Waals surface area contributed by atoms with Gasteiger partial charge in [0, 0.05) is 30.6 Å². The van der Waals surface area contributed by atoms with Crippen LogP contribution >= 0.6 is 0 Å². The maximum absolute atomic E-state index is 12.6. The number of methoxy groups -OCH3 is 1. The molecule has 0 radical (unpaired) electrons. The SMILES string of the molecule is COc1ccc(C(=O)C2CCN(C(=O)[C@@H]3CCC[C@H]3N)CC2)cc1. The number of likely N-dealkylation sites (tertiary alicyclic amines) is 1. The van der Waals surface area contributed by atoms with Gasteiger partial charge in [-0.3, -0.25) is 9.59 Å². The third-order valence-corrected chi connectivity index (χ3v) is 5.44. The van der Waals surface area contributed by atoms with Gasteiger partial charge in [-0.25, -0.2) is 0 Å². The standard InChI is InChI=1S/C19H26N2O3/c1-24-15-7-5-13(6-8-15)18(22)14-9-11-21(12-10-14)19(23)16-3-2-4-17(16)20/h5-8,14,16-17H,2-4,9-12,20H2,1H3/t16-,17-/m1/s1. The molecule has 5 nitrogen and oxygen atoms in total. The van der Waals surface area contributed by atoms with E-state index in [-0.39, 0.29) is 29.6 Å². The Bertz CT molecular complexity index is 591. The number of hydrogen-bond donors (Lipinski definition) is 1. The maximum atomic E-state index is 12.6. The summed E-state index contributed by atoms with van der Waals surface area (Å²) < 4.78 is 5.13. The van der Waals surface area contributed by atoms with E-state index in [0.29, 0.717) is 13.1 Å². The normalized spacial score (nSPS) is 24.8. The topological polar surface area (TPSA) is 72.6 Å². The van der Waals surface area contributed by atoms with Gasteiger partial charge in [-0.05, 0) is 49.9 Å². The number of ketones is 1. The van der Waals surface area contributed by atoms with Gasteiger partial charge in [-0.2, -0.15) is 0 Å². The second-order valence-corrected chi connectivity index (χ2v) is 6.89. The summed E-state index contributed by atoms with van der Waals surface area (Å²) in [7, 11) is 1.61. The average molecular weight is 330 g/mol. The molecule has 3 rings (SSSR count). The van der Waals surface area contributed by atoms with Crippen LogP contribution in [-0.4, -0.2) is 42.8 Å². The smallest absolute Gasteiger partial charge is 0.227 e. The lowest BCUT2D eigenvalue weighted by atomic mass is 9.88. The van der Waals surface area contributed by atoms with Gasteiger partial charge in [-0.1, -0.05) is 6.42 Å². The van der Waals surface area contributed by atoms with E-state index in [2.05, 4.69) is 0 Å². The number of nitrogens with two attached hydrogens (primary N) is 1. The van der Waals surface area contributed by atoms with Crippen molar-refractivity contribution in [2.75, 3.05) is 20.2 Å². The zero-order valence-corrected chi connectivity index (χ0v) is 14.2. The Hall–Kier alpha value is -1.88. The molecule has 130 valence electrons. The minimum atomic E-state index is -0.0150. The van der Waals surface area contributed by atoms with Crippen molar-refractivity contribution in [1.82, 2.24) is 4.90 Å². The Kier molecular flexibility index (Phi) is 5.19. The number of benzene rings is 1. The summed E-state index contributed by atoms with van der Waals surface area (Å²) in [6, 6.07) is 7.27. The van der Waals surface area contributed by atoms with E-state index in [4.69, 9.17) is 10.5 Å². The number of carbonyl (C=O) groups excluding carboxylic acids is 2. The summed E-state index contributed by atoms with van der Waals surface area (Å²) in [5.74, 6) is 1.09. The highest BCUT2D eigenvalue weighted by atomic mass is 16.5. The zero-order valence-electron chi connectivity index (χ0n) is 14.2. The lowest BCUT2D eigenvalue weighted by Crippen LogP contribution is -2.46. The first-order valence-corrected chi connectivity index (χ1v) is 8.83. The monoisotopic (exact) mass is 330 g/mol. The number of piperidine rings is 1. The number of ether oxygens (including phenoxy) is 1. The number of rotatable bonds is 4. The lowest BCUT2D eigenvalue weighted by Gasteiger charge is -2.33. The number of hydrogen-bond acceptors (Lipinski definition) is 4. The van der Waals surface area contributed by atoms with Crippen LogP contribution in [0.2, 0.25) is 0 Å². The third-order valence-electron chi connectivity index (χ3n) is 5.44.